The summed E-state index contributed by atoms with van der Waals surface area (Å²) >= 11 is 5.92. The molecule has 33 heavy (non-hydrogen) atoms. The summed E-state index contributed by atoms with van der Waals surface area (Å²) in [6.45, 7) is 1.52. The zero-order valence-corrected chi connectivity index (χ0v) is 18.9. The van der Waals surface area contributed by atoms with Gasteiger partial charge in [-0.2, -0.15) is 0 Å². The predicted octanol–water partition coefficient (Wildman–Crippen LogP) is 4.80. The van der Waals surface area contributed by atoms with Crippen LogP contribution in [-0.2, 0) is 4.79 Å². The first-order chi connectivity index (χ1) is 15.9. The molecule has 0 spiro atoms. The van der Waals surface area contributed by atoms with Crippen LogP contribution in [0.25, 0.3) is 11.0 Å². The van der Waals surface area contributed by atoms with Gasteiger partial charge in [0.25, 0.3) is 5.91 Å². The van der Waals surface area contributed by atoms with E-state index in [1.165, 1.54) is 18.6 Å². The van der Waals surface area contributed by atoms with Crippen molar-refractivity contribution in [2.24, 2.45) is 0 Å². The van der Waals surface area contributed by atoms with Crippen LogP contribution in [0.15, 0.2) is 51.7 Å². The van der Waals surface area contributed by atoms with Crippen LogP contribution in [0, 0.1) is 6.92 Å². The highest BCUT2D eigenvalue weighted by Crippen LogP contribution is 2.23. The van der Waals surface area contributed by atoms with E-state index in [0.29, 0.717) is 16.2 Å². The second kappa shape index (κ2) is 10.1. The molecule has 0 atom stereocenters. The maximum Gasteiger partial charge on any atom is 0.349 e. The maximum atomic E-state index is 12.6. The van der Waals surface area contributed by atoms with Gasteiger partial charge in [-0.1, -0.05) is 30.9 Å². The molecule has 172 valence electrons. The number of halogens is 1. The number of amides is 1. The van der Waals surface area contributed by atoms with Crippen LogP contribution in [0.5, 0.6) is 11.5 Å². The molecule has 1 saturated carbocycles. The van der Waals surface area contributed by atoms with Crippen LogP contribution < -0.4 is 20.4 Å². The minimum atomic E-state index is -0.735. The molecule has 1 N–H and O–H groups in total. The van der Waals surface area contributed by atoms with E-state index in [1.807, 2.05) is 6.92 Å². The second-order valence-electron chi connectivity index (χ2n) is 8.13. The van der Waals surface area contributed by atoms with Gasteiger partial charge in [0, 0.05) is 22.5 Å². The van der Waals surface area contributed by atoms with E-state index < -0.39 is 17.5 Å². The van der Waals surface area contributed by atoms with E-state index in [9.17, 15) is 14.4 Å². The topological polar surface area (TPSA) is 94.8 Å². The Labute approximate surface area is 195 Å². The molecule has 1 aliphatic rings. The quantitative estimate of drug-likeness (QED) is 0.316. The number of hydrogen-bond acceptors (Lipinski definition) is 6. The Kier molecular flexibility index (Phi) is 6.99. The average molecular weight is 470 g/mol. The van der Waals surface area contributed by atoms with Gasteiger partial charge < -0.3 is 19.2 Å². The molecule has 8 heteroatoms. The lowest BCUT2D eigenvalue weighted by atomic mass is 9.95. The summed E-state index contributed by atoms with van der Waals surface area (Å²) < 4.78 is 16.1. The van der Waals surface area contributed by atoms with Crippen molar-refractivity contribution in [2.75, 3.05) is 6.61 Å². The van der Waals surface area contributed by atoms with E-state index in [1.54, 1.807) is 30.3 Å². The van der Waals surface area contributed by atoms with Gasteiger partial charge in [-0.3, -0.25) is 4.79 Å². The van der Waals surface area contributed by atoms with Crippen molar-refractivity contribution in [3.63, 3.8) is 0 Å². The van der Waals surface area contributed by atoms with Gasteiger partial charge in [0.1, 0.15) is 22.6 Å². The third-order valence-electron chi connectivity index (χ3n) is 5.61. The van der Waals surface area contributed by atoms with Gasteiger partial charge in [0.2, 0.25) is 0 Å². The Morgan fingerprint density at radius 2 is 1.88 bits per heavy atom. The Balaban J connectivity index is 1.42. The Hall–Kier alpha value is -3.32. The van der Waals surface area contributed by atoms with Crippen molar-refractivity contribution < 1.29 is 23.5 Å². The summed E-state index contributed by atoms with van der Waals surface area (Å²) in [5, 5.41) is 4.05. The Bertz CT molecular complexity index is 1250. The SMILES string of the molecule is Cc1cc(Cl)ccc1OCC(=O)Oc1ccc2cc(C(=O)NC3CCCCC3)c(=O)oc2c1. The molecule has 1 aliphatic carbocycles. The zero-order chi connectivity index (χ0) is 23.4. The van der Waals surface area contributed by atoms with Crippen molar-refractivity contribution in [1.82, 2.24) is 5.32 Å². The van der Waals surface area contributed by atoms with Gasteiger partial charge in [0.05, 0.1) is 0 Å². The number of ether oxygens (including phenoxy) is 2. The fourth-order valence-electron chi connectivity index (χ4n) is 3.90. The molecule has 1 fully saturated rings. The largest absolute Gasteiger partial charge is 0.482 e. The third-order valence-corrected chi connectivity index (χ3v) is 5.84. The fourth-order valence-corrected chi connectivity index (χ4v) is 4.12. The number of carbonyl (C=O) groups excluding carboxylic acids is 2. The molecular formula is C25H24ClNO6. The van der Waals surface area contributed by atoms with Crippen LogP contribution >= 0.6 is 11.6 Å². The first-order valence-corrected chi connectivity index (χ1v) is 11.3. The van der Waals surface area contributed by atoms with E-state index in [4.69, 9.17) is 25.5 Å². The molecule has 0 aliphatic heterocycles. The minimum absolute atomic E-state index is 0.0375. The van der Waals surface area contributed by atoms with Gasteiger partial charge >= 0.3 is 11.6 Å². The molecule has 2 aromatic carbocycles. The first kappa shape index (κ1) is 22.9. The van der Waals surface area contributed by atoms with E-state index in [-0.39, 0.29) is 29.5 Å². The molecule has 1 heterocycles. The summed E-state index contributed by atoms with van der Waals surface area (Å²) in [5.41, 5.74) is 0.241. The number of hydrogen-bond donors (Lipinski definition) is 1. The van der Waals surface area contributed by atoms with Gasteiger partial charge in [-0.25, -0.2) is 9.59 Å². The van der Waals surface area contributed by atoms with Gasteiger partial charge in [-0.05, 0) is 61.7 Å². The van der Waals surface area contributed by atoms with Crippen LogP contribution in [0.1, 0.15) is 48.0 Å². The number of rotatable bonds is 6. The fraction of sp³-hybridized carbons (Fsp3) is 0.320. The highest BCUT2D eigenvalue weighted by atomic mass is 35.5. The van der Waals surface area contributed by atoms with Crippen LogP contribution in [0.4, 0.5) is 0 Å². The Morgan fingerprint density at radius 3 is 2.64 bits per heavy atom. The standard InChI is InChI=1S/C25H24ClNO6/c1-15-11-17(26)8-10-21(15)31-14-23(28)32-19-9-7-16-12-20(25(30)33-22(16)13-19)24(29)27-18-5-3-2-4-6-18/h7-13,18H,2-6,14H2,1H3,(H,27,29). The van der Waals surface area contributed by atoms with E-state index >= 15 is 0 Å². The monoisotopic (exact) mass is 469 g/mol. The number of esters is 1. The van der Waals surface area contributed by atoms with Crippen molar-refractivity contribution in [2.45, 2.75) is 45.1 Å². The zero-order valence-electron chi connectivity index (χ0n) is 18.2. The minimum Gasteiger partial charge on any atom is -0.482 e. The van der Waals surface area contributed by atoms with Crippen molar-refractivity contribution in [3.05, 3.63) is 69.0 Å². The average Bonchev–Trinajstić information content (AvgIpc) is 2.78. The van der Waals surface area contributed by atoms with Crippen molar-refractivity contribution >= 4 is 34.4 Å². The number of aryl methyl sites for hydroxylation is 1. The first-order valence-electron chi connectivity index (χ1n) is 10.9. The van der Waals surface area contributed by atoms with Crippen LogP contribution in [-0.4, -0.2) is 24.5 Å². The summed E-state index contributed by atoms with van der Waals surface area (Å²) in [6, 6.07) is 11.3. The smallest absolute Gasteiger partial charge is 0.349 e. The van der Waals surface area contributed by atoms with Gasteiger partial charge in [0.15, 0.2) is 6.61 Å². The molecule has 3 aromatic rings. The molecule has 7 nitrogen and oxygen atoms in total. The van der Waals surface area contributed by atoms with Crippen molar-refractivity contribution in [1.29, 1.82) is 0 Å². The number of benzene rings is 2. The van der Waals surface area contributed by atoms with Crippen LogP contribution in [0.2, 0.25) is 5.02 Å². The maximum absolute atomic E-state index is 12.6. The van der Waals surface area contributed by atoms with Gasteiger partial charge in [-0.15, -0.1) is 0 Å². The summed E-state index contributed by atoms with van der Waals surface area (Å²) in [7, 11) is 0. The van der Waals surface area contributed by atoms with Crippen molar-refractivity contribution in [3.8, 4) is 11.5 Å². The summed E-state index contributed by atoms with van der Waals surface area (Å²) in [6.07, 6.45) is 5.15. The second-order valence-corrected chi connectivity index (χ2v) is 8.56. The highest BCUT2D eigenvalue weighted by molar-refractivity contribution is 6.30. The lowest BCUT2D eigenvalue weighted by Gasteiger charge is -2.22. The molecule has 0 saturated heterocycles. The number of fused-ring (bicyclic) bond motifs is 1. The molecule has 0 radical (unpaired) electrons. The lowest BCUT2D eigenvalue weighted by Crippen LogP contribution is -2.38. The number of carbonyl (C=O) groups is 2. The molecule has 0 unspecified atom stereocenters. The molecule has 0 bridgehead atoms. The predicted molar refractivity (Wildman–Crippen MR) is 124 cm³/mol. The molecular weight excluding hydrogens is 446 g/mol. The summed E-state index contributed by atoms with van der Waals surface area (Å²) in [5.74, 6) is -0.316. The lowest BCUT2D eigenvalue weighted by molar-refractivity contribution is -0.136. The Morgan fingerprint density at radius 1 is 1.09 bits per heavy atom. The molecule has 1 aromatic heterocycles. The van der Waals surface area contributed by atoms with E-state index in [0.717, 1.165) is 31.2 Å². The third kappa shape index (κ3) is 5.73. The summed E-state index contributed by atoms with van der Waals surface area (Å²) in [4.78, 5) is 37.1. The number of nitrogens with one attached hydrogen (secondary N) is 1. The normalized spacial score (nSPS) is 14.1. The van der Waals surface area contributed by atoms with E-state index in [2.05, 4.69) is 5.32 Å². The van der Waals surface area contributed by atoms with Crippen LogP contribution in [0.3, 0.4) is 0 Å². The highest BCUT2D eigenvalue weighted by Gasteiger charge is 2.20. The molecule has 1 amide bonds. The molecule has 4 rings (SSSR count).